The molecule has 1 aromatic rings. The smallest absolute Gasteiger partial charge is 0.340 e. The van der Waals surface area contributed by atoms with Crippen molar-refractivity contribution in [1.82, 2.24) is 0 Å². The van der Waals surface area contributed by atoms with Gasteiger partial charge < -0.3 is 23.7 Å². The van der Waals surface area contributed by atoms with Crippen molar-refractivity contribution in [2.45, 2.75) is 25.6 Å². The van der Waals surface area contributed by atoms with E-state index < -0.39 is 11.8 Å². The van der Waals surface area contributed by atoms with Crippen molar-refractivity contribution in [2.24, 2.45) is 0 Å². The Morgan fingerprint density at radius 2 is 1.25 bits per heavy atom. The summed E-state index contributed by atoms with van der Waals surface area (Å²) in [5.41, 5.74) is 0.759. The van der Waals surface area contributed by atoms with Crippen molar-refractivity contribution in [3.63, 3.8) is 0 Å². The van der Waals surface area contributed by atoms with E-state index in [-0.39, 0.29) is 0 Å². The fraction of sp³-hybridized carbons (Fsp3) is 0.600. The predicted molar refractivity (Wildman–Crippen MR) is 75.1 cm³/mol. The molecule has 1 rings (SSSR count). The number of hydrogen-bond donors (Lipinski definition) is 0. The van der Waals surface area contributed by atoms with E-state index in [9.17, 15) is 0 Å². The molecular formula is C15H24O5. The second-order valence-corrected chi connectivity index (χ2v) is 4.02. The lowest BCUT2D eigenvalue weighted by molar-refractivity contribution is -0.490. The van der Waals surface area contributed by atoms with Gasteiger partial charge in [0, 0.05) is 40.1 Å². The highest BCUT2D eigenvalue weighted by atomic mass is 16.9. The minimum Gasteiger partial charge on any atom is -0.340 e. The largest absolute Gasteiger partial charge is 0.344 e. The number of benzene rings is 1. The molecule has 0 aliphatic heterocycles. The maximum Gasteiger partial charge on any atom is 0.344 e. The zero-order valence-electron chi connectivity index (χ0n) is 12.8. The first-order valence-corrected chi connectivity index (χ1v) is 6.65. The summed E-state index contributed by atoms with van der Waals surface area (Å²) in [5, 5.41) is 0. The molecule has 0 aliphatic rings. The molecule has 0 unspecified atom stereocenters. The van der Waals surface area contributed by atoms with Crippen LogP contribution in [0.4, 0.5) is 0 Å². The Labute approximate surface area is 120 Å². The maximum atomic E-state index is 5.90. The van der Waals surface area contributed by atoms with Gasteiger partial charge in [-0.3, -0.25) is 0 Å². The Bertz CT molecular complexity index is 361. The Morgan fingerprint density at radius 3 is 1.60 bits per heavy atom. The monoisotopic (exact) mass is 284 g/mol. The molecule has 0 fully saturated rings. The maximum absolute atomic E-state index is 5.90. The zero-order valence-corrected chi connectivity index (χ0v) is 12.8. The Kier molecular flexibility index (Phi) is 6.58. The molecule has 0 N–H and O–H groups in total. The molecule has 0 radical (unpaired) electrons. The van der Waals surface area contributed by atoms with Crippen LogP contribution < -0.4 is 0 Å². The van der Waals surface area contributed by atoms with Gasteiger partial charge in [0.2, 0.25) is 0 Å². The third-order valence-electron chi connectivity index (χ3n) is 3.06. The molecule has 5 nitrogen and oxygen atoms in total. The van der Waals surface area contributed by atoms with Crippen molar-refractivity contribution in [1.29, 1.82) is 0 Å². The molecule has 0 atom stereocenters. The highest BCUT2D eigenvalue weighted by Crippen LogP contribution is 2.41. The summed E-state index contributed by atoms with van der Waals surface area (Å²) in [5.74, 6) is -2.81. The van der Waals surface area contributed by atoms with E-state index >= 15 is 0 Å². The first kappa shape index (κ1) is 17.1. The fourth-order valence-corrected chi connectivity index (χ4v) is 2.28. The third-order valence-corrected chi connectivity index (χ3v) is 3.06. The molecule has 0 bridgehead atoms. The van der Waals surface area contributed by atoms with Gasteiger partial charge in [0.1, 0.15) is 0 Å². The lowest BCUT2D eigenvalue weighted by Crippen LogP contribution is -2.59. The highest BCUT2D eigenvalue weighted by Gasteiger charge is 2.58. The fourth-order valence-electron chi connectivity index (χ4n) is 2.28. The molecule has 0 aromatic heterocycles. The lowest BCUT2D eigenvalue weighted by Gasteiger charge is -2.45. The highest BCUT2D eigenvalue weighted by molar-refractivity contribution is 5.22. The Hall–Kier alpha value is -0.980. The number of rotatable bonds is 9. The van der Waals surface area contributed by atoms with Crippen LogP contribution in [0.15, 0.2) is 30.3 Å². The quantitative estimate of drug-likeness (QED) is 0.652. The first-order chi connectivity index (χ1) is 9.66. The average molecular weight is 284 g/mol. The minimum absolute atomic E-state index is 0.409. The summed E-state index contributed by atoms with van der Waals surface area (Å²) in [7, 11) is 4.47. The van der Waals surface area contributed by atoms with Crippen molar-refractivity contribution in [3.05, 3.63) is 35.9 Å². The van der Waals surface area contributed by atoms with Crippen LogP contribution in [0.1, 0.15) is 19.4 Å². The van der Waals surface area contributed by atoms with Crippen LogP contribution in [0.3, 0.4) is 0 Å². The molecule has 0 spiro atoms. The van der Waals surface area contributed by atoms with Crippen molar-refractivity contribution >= 4 is 0 Å². The third kappa shape index (κ3) is 2.87. The van der Waals surface area contributed by atoms with Crippen molar-refractivity contribution in [2.75, 3.05) is 34.5 Å². The first-order valence-electron chi connectivity index (χ1n) is 6.65. The van der Waals surface area contributed by atoms with Crippen LogP contribution in [-0.2, 0) is 29.5 Å². The van der Waals surface area contributed by atoms with E-state index in [1.165, 1.54) is 21.3 Å². The second-order valence-electron chi connectivity index (χ2n) is 4.02. The van der Waals surface area contributed by atoms with Gasteiger partial charge >= 0.3 is 5.97 Å². The van der Waals surface area contributed by atoms with Crippen molar-refractivity contribution < 1.29 is 23.7 Å². The number of hydrogen-bond acceptors (Lipinski definition) is 5. The zero-order chi connectivity index (χ0) is 15.1. The van der Waals surface area contributed by atoms with E-state index in [1.807, 2.05) is 44.2 Å². The summed E-state index contributed by atoms with van der Waals surface area (Å²) >= 11 is 0. The molecule has 20 heavy (non-hydrogen) atoms. The van der Waals surface area contributed by atoms with Gasteiger partial charge in [-0.05, 0) is 13.8 Å². The molecule has 0 heterocycles. The van der Waals surface area contributed by atoms with Gasteiger partial charge in [-0.15, -0.1) is 0 Å². The normalized spacial score (nSPS) is 12.7. The molecule has 0 aliphatic carbocycles. The van der Waals surface area contributed by atoms with Crippen LogP contribution in [-0.4, -0.2) is 40.5 Å². The molecule has 0 amide bonds. The van der Waals surface area contributed by atoms with Gasteiger partial charge in [0.15, 0.2) is 0 Å². The minimum atomic E-state index is -1.50. The van der Waals surface area contributed by atoms with Crippen LogP contribution >= 0.6 is 0 Å². The lowest BCUT2D eigenvalue weighted by atomic mass is 10.0. The van der Waals surface area contributed by atoms with Gasteiger partial charge in [-0.1, -0.05) is 30.3 Å². The van der Waals surface area contributed by atoms with Gasteiger partial charge in [0.05, 0.1) is 0 Å². The standard InChI is InChI=1S/C15H24O5/c1-6-19-14(20-7-2,13-11-9-8-10-12-13)15(16-3,17-4)18-5/h8-12H,6-7H2,1-5H3. The molecular weight excluding hydrogens is 260 g/mol. The van der Waals surface area contributed by atoms with Gasteiger partial charge in [-0.25, -0.2) is 0 Å². The van der Waals surface area contributed by atoms with Crippen LogP contribution in [0, 0.1) is 0 Å². The van der Waals surface area contributed by atoms with Gasteiger partial charge in [0.25, 0.3) is 5.79 Å². The molecule has 114 valence electrons. The topological polar surface area (TPSA) is 46.2 Å². The summed E-state index contributed by atoms with van der Waals surface area (Å²) < 4.78 is 28.2. The summed E-state index contributed by atoms with van der Waals surface area (Å²) in [6, 6.07) is 9.48. The molecule has 0 saturated carbocycles. The predicted octanol–water partition coefficient (Wildman–Crippen LogP) is 2.51. The van der Waals surface area contributed by atoms with Crippen LogP contribution in [0.2, 0.25) is 0 Å². The summed E-state index contributed by atoms with van der Waals surface area (Å²) in [6.07, 6.45) is 0. The van der Waals surface area contributed by atoms with E-state index in [1.54, 1.807) is 0 Å². The van der Waals surface area contributed by atoms with Crippen molar-refractivity contribution in [3.8, 4) is 0 Å². The summed E-state index contributed by atoms with van der Waals surface area (Å²) in [6.45, 7) is 4.57. The van der Waals surface area contributed by atoms with Crippen LogP contribution in [0.5, 0.6) is 0 Å². The van der Waals surface area contributed by atoms with Crippen LogP contribution in [0.25, 0.3) is 0 Å². The Balaban J connectivity index is 3.45. The molecule has 1 aromatic carbocycles. The Morgan fingerprint density at radius 1 is 0.800 bits per heavy atom. The molecule has 0 saturated heterocycles. The number of ether oxygens (including phenoxy) is 5. The summed E-state index contributed by atoms with van der Waals surface area (Å²) in [4.78, 5) is 0. The second kappa shape index (κ2) is 7.71. The van der Waals surface area contributed by atoms with E-state index in [4.69, 9.17) is 23.7 Å². The van der Waals surface area contributed by atoms with E-state index in [2.05, 4.69) is 0 Å². The average Bonchev–Trinajstić information content (AvgIpc) is 2.50. The van der Waals surface area contributed by atoms with Gasteiger partial charge in [-0.2, -0.15) is 0 Å². The van der Waals surface area contributed by atoms with E-state index in [0.29, 0.717) is 13.2 Å². The molecule has 5 heteroatoms. The SMILES string of the molecule is CCOC(OCC)(c1ccccc1)C(OC)(OC)OC. The van der Waals surface area contributed by atoms with E-state index in [0.717, 1.165) is 5.56 Å². The number of methoxy groups -OCH3 is 3.